The van der Waals surface area contributed by atoms with Crippen molar-refractivity contribution < 1.29 is 14.4 Å². The number of hydrogen-bond acceptors (Lipinski definition) is 7. The first-order chi connectivity index (χ1) is 21.4. The third-order valence-corrected chi connectivity index (χ3v) is 10.4. The predicted octanol–water partition coefficient (Wildman–Crippen LogP) is 3.70. The molecule has 3 atom stereocenters. The van der Waals surface area contributed by atoms with Crippen LogP contribution in [0.4, 0.5) is 5.69 Å². The number of rotatable bonds is 9. The molecule has 45 heavy (non-hydrogen) atoms. The lowest BCUT2D eigenvalue weighted by atomic mass is 9.93. The van der Waals surface area contributed by atoms with E-state index >= 15 is 0 Å². The van der Waals surface area contributed by atoms with Gasteiger partial charge in [0.1, 0.15) is 6.33 Å². The molecular weight excluding hydrogens is 590 g/mol. The number of carbonyl (C=O) groups excluding carboxylic acids is 3. The molecule has 4 heterocycles. The maximum atomic E-state index is 14.0. The molecule has 0 radical (unpaired) electrons. The van der Waals surface area contributed by atoms with Gasteiger partial charge in [0, 0.05) is 62.4 Å². The Balaban J connectivity index is 1.16. The number of fused-ring (bicyclic) bond motifs is 1. The highest BCUT2D eigenvalue weighted by Gasteiger charge is 2.42. The number of aryl methyl sites for hydroxylation is 3. The van der Waals surface area contributed by atoms with Crippen LogP contribution in [0.25, 0.3) is 0 Å². The molecule has 1 aromatic heterocycles. The number of carbonyl (C=O) groups is 3. The van der Waals surface area contributed by atoms with Gasteiger partial charge in [-0.3, -0.25) is 14.4 Å². The Kier molecular flexibility index (Phi) is 10.5. The monoisotopic (exact) mass is 637 g/mol. The molecule has 3 aliphatic heterocycles. The van der Waals surface area contributed by atoms with E-state index in [1.807, 2.05) is 67.5 Å². The summed E-state index contributed by atoms with van der Waals surface area (Å²) in [6.45, 7) is 15.6. The molecule has 2 aromatic rings. The Morgan fingerprint density at radius 1 is 0.978 bits per heavy atom. The van der Waals surface area contributed by atoms with Gasteiger partial charge in [-0.2, -0.15) is 0 Å². The van der Waals surface area contributed by atoms with Crippen molar-refractivity contribution >= 4 is 35.0 Å². The summed E-state index contributed by atoms with van der Waals surface area (Å²) >= 11 is 6.50. The van der Waals surface area contributed by atoms with E-state index in [9.17, 15) is 14.4 Å². The number of likely N-dealkylation sites (tertiary alicyclic amines) is 3. The summed E-state index contributed by atoms with van der Waals surface area (Å²) in [5.41, 5.74) is 10.0. The Hall–Kier alpha value is -3.08. The second kappa shape index (κ2) is 14.1. The molecule has 0 aliphatic carbocycles. The number of benzene rings is 1. The largest absolute Gasteiger partial charge is 0.341 e. The number of hydrogen-bond donors (Lipinski definition) is 1. The molecule has 3 unspecified atom stereocenters. The maximum absolute atomic E-state index is 14.0. The van der Waals surface area contributed by atoms with E-state index in [-0.39, 0.29) is 29.6 Å². The maximum Gasteiger partial charge on any atom is 0.257 e. The zero-order valence-corrected chi connectivity index (χ0v) is 28.1. The number of aromatic nitrogens is 2. The fourth-order valence-electron chi connectivity index (χ4n) is 7.13. The number of anilines is 1. The van der Waals surface area contributed by atoms with E-state index in [0.29, 0.717) is 54.9 Å². The Labute approximate surface area is 272 Å². The standard InChI is InChI=1S/C34H48ClN7O3/c1-21(2)31(36)34(45)40-13-9-25(10-14-40)32(43)42(28-8-7-22(3)29(35)15-28)12-6-11-39-16-26-18-41(19-27(26)17-39)33(44)30-23(4)37-20-38-24(30)5/h7-8,15,20-21,25-27,31H,6,9-14,16-19,36H2,1-5H3. The Morgan fingerprint density at radius 3 is 2.18 bits per heavy atom. The zero-order valence-electron chi connectivity index (χ0n) is 27.3. The molecule has 0 bridgehead atoms. The van der Waals surface area contributed by atoms with Gasteiger partial charge in [0.25, 0.3) is 5.91 Å². The van der Waals surface area contributed by atoms with Crippen LogP contribution in [-0.2, 0) is 9.59 Å². The SMILES string of the molecule is Cc1ccc(N(CCCN2CC3CN(C(=O)c4c(C)ncnc4C)CC3C2)C(=O)C2CCN(C(=O)C(N)C(C)C)CC2)cc1Cl. The molecule has 3 fully saturated rings. The van der Waals surface area contributed by atoms with E-state index in [0.717, 1.165) is 61.8 Å². The van der Waals surface area contributed by atoms with Crippen LogP contribution in [0.2, 0.25) is 5.02 Å². The van der Waals surface area contributed by atoms with Crippen LogP contribution in [0.3, 0.4) is 0 Å². The third-order valence-electron chi connectivity index (χ3n) is 10.0. The first-order valence-corrected chi connectivity index (χ1v) is 16.7. The summed E-state index contributed by atoms with van der Waals surface area (Å²) in [6.07, 6.45) is 3.60. The van der Waals surface area contributed by atoms with Crippen molar-refractivity contribution in [2.75, 3.05) is 57.3 Å². The quantitative estimate of drug-likeness (QED) is 0.446. The number of nitrogens with two attached hydrogens (primary N) is 1. The fraction of sp³-hybridized carbons (Fsp3) is 0.618. The lowest BCUT2D eigenvalue weighted by molar-refractivity contribution is -0.137. The minimum absolute atomic E-state index is 0.0275. The second-order valence-corrected chi connectivity index (χ2v) is 14.0. The summed E-state index contributed by atoms with van der Waals surface area (Å²) in [4.78, 5) is 56.7. The molecule has 3 aliphatic rings. The number of amides is 3. The molecule has 5 rings (SSSR count). The van der Waals surface area contributed by atoms with Crippen molar-refractivity contribution in [3.63, 3.8) is 0 Å². The summed E-state index contributed by atoms with van der Waals surface area (Å²) in [7, 11) is 0. The molecular formula is C34H48ClN7O3. The Bertz CT molecular complexity index is 1380. The summed E-state index contributed by atoms with van der Waals surface area (Å²) < 4.78 is 0. The van der Waals surface area contributed by atoms with Crippen LogP contribution in [0.5, 0.6) is 0 Å². The topological polar surface area (TPSA) is 116 Å². The second-order valence-electron chi connectivity index (χ2n) is 13.6. The summed E-state index contributed by atoms with van der Waals surface area (Å²) in [5.74, 6) is 0.928. The molecule has 3 saturated heterocycles. The van der Waals surface area contributed by atoms with Crippen molar-refractivity contribution in [2.45, 2.75) is 59.9 Å². The molecule has 11 heteroatoms. The number of nitrogens with zero attached hydrogens (tertiary/aromatic N) is 6. The van der Waals surface area contributed by atoms with Crippen LogP contribution in [0, 0.1) is 44.4 Å². The van der Waals surface area contributed by atoms with Crippen LogP contribution in [0.15, 0.2) is 24.5 Å². The van der Waals surface area contributed by atoms with Crippen LogP contribution in [0.1, 0.15) is 60.4 Å². The fourth-order valence-corrected chi connectivity index (χ4v) is 7.31. The molecule has 3 amide bonds. The highest BCUT2D eigenvalue weighted by molar-refractivity contribution is 6.31. The number of halogens is 1. The lowest BCUT2D eigenvalue weighted by Crippen LogP contribution is -2.51. The van der Waals surface area contributed by atoms with Crippen molar-refractivity contribution in [3.8, 4) is 0 Å². The molecule has 244 valence electrons. The average Bonchev–Trinajstić information content (AvgIpc) is 3.59. The van der Waals surface area contributed by atoms with Crippen LogP contribution < -0.4 is 10.6 Å². The minimum atomic E-state index is -0.510. The molecule has 1 aromatic carbocycles. The van der Waals surface area contributed by atoms with Gasteiger partial charge in [0.05, 0.1) is 23.0 Å². The Morgan fingerprint density at radius 2 is 1.60 bits per heavy atom. The first-order valence-electron chi connectivity index (χ1n) is 16.4. The van der Waals surface area contributed by atoms with E-state index in [4.69, 9.17) is 17.3 Å². The molecule has 2 N–H and O–H groups in total. The highest BCUT2D eigenvalue weighted by atomic mass is 35.5. The molecule has 10 nitrogen and oxygen atoms in total. The first kappa shape index (κ1) is 33.3. The smallest absolute Gasteiger partial charge is 0.257 e. The van der Waals surface area contributed by atoms with Gasteiger partial charge in [0.2, 0.25) is 11.8 Å². The minimum Gasteiger partial charge on any atom is -0.341 e. The summed E-state index contributed by atoms with van der Waals surface area (Å²) in [5, 5.41) is 0.646. The van der Waals surface area contributed by atoms with Crippen LogP contribution >= 0.6 is 11.6 Å². The van der Waals surface area contributed by atoms with Gasteiger partial charge >= 0.3 is 0 Å². The third kappa shape index (κ3) is 7.34. The zero-order chi connectivity index (χ0) is 32.4. The van der Waals surface area contributed by atoms with Gasteiger partial charge < -0.3 is 25.3 Å². The average molecular weight is 638 g/mol. The summed E-state index contributed by atoms with van der Waals surface area (Å²) in [6, 6.07) is 5.32. The predicted molar refractivity (Wildman–Crippen MR) is 176 cm³/mol. The lowest BCUT2D eigenvalue weighted by Gasteiger charge is -2.36. The normalized spacial score (nSPS) is 21.3. The van der Waals surface area contributed by atoms with Crippen molar-refractivity contribution in [2.24, 2.45) is 29.4 Å². The van der Waals surface area contributed by atoms with Gasteiger partial charge in [-0.1, -0.05) is 31.5 Å². The van der Waals surface area contributed by atoms with E-state index in [1.54, 1.807) is 0 Å². The van der Waals surface area contributed by atoms with Crippen molar-refractivity contribution in [3.05, 3.63) is 52.1 Å². The molecule has 0 saturated carbocycles. The number of piperidine rings is 1. The van der Waals surface area contributed by atoms with Crippen LogP contribution in [-0.4, -0.2) is 101 Å². The van der Waals surface area contributed by atoms with E-state index < -0.39 is 6.04 Å². The van der Waals surface area contributed by atoms with E-state index in [1.165, 1.54) is 6.33 Å². The van der Waals surface area contributed by atoms with Gasteiger partial charge in [-0.15, -0.1) is 0 Å². The van der Waals surface area contributed by atoms with Crippen molar-refractivity contribution in [1.29, 1.82) is 0 Å². The molecule has 0 spiro atoms. The van der Waals surface area contributed by atoms with Crippen molar-refractivity contribution in [1.82, 2.24) is 24.7 Å². The van der Waals surface area contributed by atoms with Gasteiger partial charge in [0.15, 0.2) is 0 Å². The van der Waals surface area contributed by atoms with E-state index in [2.05, 4.69) is 14.9 Å². The highest BCUT2D eigenvalue weighted by Crippen LogP contribution is 2.33. The van der Waals surface area contributed by atoms with Gasteiger partial charge in [-0.25, -0.2) is 9.97 Å². The van der Waals surface area contributed by atoms with Gasteiger partial charge in [-0.05, 0) is 82.0 Å².